The molecule has 2 aromatic carbocycles. The maximum Gasteiger partial charge on any atom is 0.329 e. The third-order valence-electron chi connectivity index (χ3n) is 4.54. The van der Waals surface area contributed by atoms with E-state index in [1.165, 1.54) is 14.2 Å². The molecule has 0 saturated heterocycles. The molecule has 10 heteroatoms. The number of hydrogen-bond donors (Lipinski definition) is 3. The molecule has 0 unspecified atom stereocenters. The Hall–Kier alpha value is -3.92. The van der Waals surface area contributed by atoms with Crippen LogP contribution in [0.15, 0.2) is 45.9 Å². The second-order valence-corrected chi connectivity index (χ2v) is 6.91. The number of methoxy groups -OCH3 is 2. The number of amides is 3. The van der Waals surface area contributed by atoms with Crippen molar-refractivity contribution in [3.05, 3.63) is 36.4 Å². The Balaban J connectivity index is 1.64. The van der Waals surface area contributed by atoms with Crippen LogP contribution in [0.5, 0.6) is 5.75 Å². The van der Waals surface area contributed by atoms with Crippen LogP contribution in [0.3, 0.4) is 0 Å². The van der Waals surface area contributed by atoms with E-state index in [1.807, 2.05) is 24.3 Å². The van der Waals surface area contributed by atoms with Crippen LogP contribution in [0, 0.1) is 0 Å². The van der Waals surface area contributed by atoms with Crippen LogP contribution in [-0.4, -0.2) is 50.8 Å². The summed E-state index contributed by atoms with van der Waals surface area (Å²) in [5, 5.41) is 10.7. The SMILES string of the molecule is COCCNC(=O)C(=O)NN=C(C)CC(=O)Nc1cc2oc3ccccc3c2cc1OC. The van der Waals surface area contributed by atoms with Gasteiger partial charge in [-0.15, -0.1) is 0 Å². The van der Waals surface area contributed by atoms with Crippen LogP contribution in [-0.2, 0) is 19.1 Å². The summed E-state index contributed by atoms with van der Waals surface area (Å²) in [5.74, 6) is -1.67. The maximum absolute atomic E-state index is 12.5. The van der Waals surface area contributed by atoms with E-state index in [-0.39, 0.29) is 25.5 Å². The van der Waals surface area contributed by atoms with E-state index >= 15 is 0 Å². The Bertz CT molecular complexity index is 1180. The average molecular weight is 440 g/mol. The smallest absolute Gasteiger partial charge is 0.329 e. The minimum Gasteiger partial charge on any atom is -0.495 e. The molecule has 0 aliphatic rings. The number of nitrogens with one attached hydrogen (secondary N) is 3. The van der Waals surface area contributed by atoms with E-state index in [4.69, 9.17) is 13.9 Å². The van der Waals surface area contributed by atoms with Crippen molar-refractivity contribution in [1.29, 1.82) is 0 Å². The van der Waals surface area contributed by atoms with Gasteiger partial charge in [-0.3, -0.25) is 14.4 Å². The molecule has 168 valence electrons. The van der Waals surface area contributed by atoms with E-state index in [2.05, 4.69) is 21.2 Å². The molecule has 0 spiro atoms. The van der Waals surface area contributed by atoms with E-state index in [9.17, 15) is 14.4 Å². The first-order chi connectivity index (χ1) is 15.4. The van der Waals surface area contributed by atoms with Crippen molar-refractivity contribution in [1.82, 2.24) is 10.7 Å². The first kappa shape index (κ1) is 22.8. The molecule has 0 aliphatic heterocycles. The summed E-state index contributed by atoms with van der Waals surface area (Å²) < 4.78 is 16.1. The minimum absolute atomic E-state index is 0.104. The highest BCUT2D eigenvalue weighted by Crippen LogP contribution is 2.36. The highest BCUT2D eigenvalue weighted by Gasteiger charge is 2.15. The monoisotopic (exact) mass is 440 g/mol. The van der Waals surface area contributed by atoms with Crippen molar-refractivity contribution >= 4 is 51.1 Å². The predicted molar refractivity (Wildman–Crippen MR) is 120 cm³/mol. The molecule has 32 heavy (non-hydrogen) atoms. The highest BCUT2D eigenvalue weighted by molar-refractivity contribution is 6.35. The van der Waals surface area contributed by atoms with Gasteiger partial charge in [-0.1, -0.05) is 18.2 Å². The fourth-order valence-corrected chi connectivity index (χ4v) is 3.03. The molecule has 10 nitrogen and oxygen atoms in total. The van der Waals surface area contributed by atoms with Crippen molar-refractivity contribution in [2.45, 2.75) is 13.3 Å². The Morgan fingerprint density at radius 1 is 1.03 bits per heavy atom. The fourth-order valence-electron chi connectivity index (χ4n) is 3.03. The summed E-state index contributed by atoms with van der Waals surface area (Å²) in [6.07, 6.45) is -0.104. The summed E-state index contributed by atoms with van der Waals surface area (Å²) in [7, 11) is 2.99. The third kappa shape index (κ3) is 5.41. The standard InChI is InChI=1S/C22H24N4O6/c1-13(25-26-22(29)21(28)23-8-9-30-2)10-20(27)24-16-12-18-15(11-19(16)31-3)14-6-4-5-7-17(14)32-18/h4-7,11-12H,8-10H2,1-3H3,(H,23,28)(H,24,27)(H,26,29). The molecule has 3 amide bonds. The number of benzene rings is 2. The molecular formula is C22H24N4O6. The van der Waals surface area contributed by atoms with Crippen LogP contribution in [0.25, 0.3) is 21.9 Å². The zero-order valence-electron chi connectivity index (χ0n) is 18.0. The zero-order valence-corrected chi connectivity index (χ0v) is 18.0. The Morgan fingerprint density at radius 2 is 1.81 bits per heavy atom. The molecule has 3 aromatic rings. The number of hydrazone groups is 1. The molecule has 3 N–H and O–H groups in total. The highest BCUT2D eigenvalue weighted by atomic mass is 16.5. The molecule has 0 radical (unpaired) electrons. The molecular weight excluding hydrogens is 416 g/mol. The minimum atomic E-state index is -0.933. The number of carbonyl (C=O) groups is 3. The molecule has 1 heterocycles. The van der Waals surface area contributed by atoms with Gasteiger partial charge in [0.1, 0.15) is 16.9 Å². The third-order valence-corrected chi connectivity index (χ3v) is 4.54. The van der Waals surface area contributed by atoms with Gasteiger partial charge in [-0.2, -0.15) is 5.10 Å². The first-order valence-electron chi connectivity index (χ1n) is 9.82. The zero-order chi connectivity index (χ0) is 23.1. The van der Waals surface area contributed by atoms with Crippen molar-refractivity contribution in [2.75, 3.05) is 32.7 Å². The van der Waals surface area contributed by atoms with Crippen molar-refractivity contribution in [3.63, 3.8) is 0 Å². The summed E-state index contributed by atoms with van der Waals surface area (Å²) in [6.45, 7) is 2.04. The lowest BCUT2D eigenvalue weighted by molar-refractivity contribution is -0.139. The molecule has 0 aliphatic carbocycles. The summed E-state index contributed by atoms with van der Waals surface area (Å²) in [4.78, 5) is 35.8. The lowest BCUT2D eigenvalue weighted by Gasteiger charge is -2.10. The summed E-state index contributed by atoms with van der Waals surface area (Å²) >= 11 is 0. The van der Waals surface area contributed by atoms with E-state index in [0.29, 0.717) is 22.7 Å². The van der Waals surface area contributed by atoms with Crippen molar-refractivity contribution < 1.29 is 28.3 Å². The van der Waals surface area contributed by atoms with Gasteiger partial charge in [-0.05, 0) is 19.1 Å². The van der Waals surface area contributed by atoms with Crippen LogP contribution < -0.4 is 20.8 Å². The number of anilines is 1. The lowest BCUT2D eigenvalue weighted by Crippen LogP contribution is -2.39. The van der Waals surface area contributed by atoms with Crippen LogP contribution in [0.2, 0.25) is 0 Å². The van der Waals surface area contributed by atoms with Crippen molar-refractivity contribution in [2.24, 2.45) is 5.10 Å². The number of rotatable bonds is 8. The largest absolute Gasteiger partial charge is 0.495 e. The van der Waals surface area contributed by atoms with Gasteiger partial charge in [0, 0.05) is 36.2 Å². The van der Waals surface area contributed by atoms with Crippen LogP contribution in [0.4, 0.5) is 5.69 Å². The average Bonchev–Trinajstić information content (AvgIpc) is 3.14. The molecule has 0 atom stereocenters. The number of nitrogens with zero attached hydrogens (tertiary/aromatic N) is 1. The molecule has 3 rings (SSSR count). The fraction of sp³-hybridized carbons (Fsp3) is 0.273. The number of furan rings is 1. The van der Waals surface area contributed by atoms with Gasteiger partial charge in [-0.25, -0.2) is 5.43 Å². The molecule has 1 aromatic heterocycles. The lowest BCUT2D eigenvalue weighted by atomic mass is 10.1. The van der Waals surface area contributed by atoms with E-state index in [0.717, 1.165) is 16.4 Å². The number of ether oxygens (including phenoxy) is 2. The number of hydrogen-bond acceptors (Lipinski definition) is 7. The second kappa shape index (κ2) is 10.4. The first-order valence-corrected chi connectivity index (χ1v) is 9.82. The predicted octanol–water partition coefficient (Wildman–Crippen LogP) is 2.18. The number of fused-ring (bicyclic) bond motifs is 3. The van der Waals surface area contributed by atoms with Gasteiger partial charge in [0.15, 0.2) is 0 Å². The Kier molecular flexibility index (Phi) is 7.40. The topological polar surface area (TPSA) is 131 Å². The van der Waals surface area contributed by atoms with Gasteiger partial charge in [0.05, 0.1) is 25.8 Å². The van der Waals surface area contributed by atoms with Gasteiger partial charge in [0.2, 0.25) is 5.91 Å². The summed E-state index contributed by atoms with van der Waals surface area (Å²) in [6, 6.07) is 11.1. The molecule has 0 bridgehead atoms. The Labute approximate surface area is 183 Å². The van der Waals surface area contributed by atoms with E-state index in [1.54, 1.807) is 19.1 Å². The van der Waals surface area contributed by atoms with Crippen molar-refractivity contribution in [3.8, 4) is 5.75 Å². The quantitative estimate of drug-likeness (QED) is 0.213. The summed E-state index contributed by atoms with van der Waals surface area (Å²) in [5.41, 5.74) is 4.21. The normalized spacial score (nSPS) is 11.4. The van der Waals surface area contributed by atoms with Gasteiger partial charge >= 0.3 is 11.8 Å². The van der Waals surface area contributed by atoms with Crippen LogP contribution >= 0.6 is 0 Å². The Morgan fingerprint density at radius 3 is 2.56 bits per heavy atom. The molecule has 0 fully saturated rings. The van der Waals surface area contributed by atoms with Gasteiger partial charge < -0.3 is 24.5 Å². The number of carbonyl (C=O) groups excluding carboxylic acids is 3. The van der Waals surface area contributed by atoms with Gasteiger partial charge in [0.25, 0.3) is 0 Å². The molecule has 0 saturated carbocycles. The van der Waals surface area contributed by atoms with Crippen LogP contribution in [0.1, 0.15) is 13.3 Å². The second-order valence-electron chi connectivity index (χ2n) is 6.91. The maximum atomic E-state index is 12.5. The van der Waals surface area contributed by atoms with E-state index < -0.39 is 11.8 Å². The number of para-hydroxylation sites is 1.